The molecule has 1 aromatic heterocycles. The molecule has 2 aromatic carbocycles. The second-order valence-corrected chi connectivity index (χ2v) is 9.33. The number of nitrogens with zero attached hydrogens (tertiary/aromatic N) is 3. The van der Waals surface area contributed by atoms with Crippen LogP contribution < -0.4 is 5.32 Å². The number of rotatable bonds is 6. The lowest BCUT2D eigenvalue weighted by Gasteiger charge is -2.31. The maximum atomic E-state index is 12.5. The number of nitrogens with one attached hydrogen (secondary N) is 1. The summed E-state index contributed by atoms with van der Waals surface area (Å²) in [4.78, 5) is 31.2. The number of anilines is 1. The summed E-state index contributed by atoms with van der Waals surface area (Å²) >= 11 is 7.25. The first-order valence-corrected chi connectivity index (χ1v) is 12.5. The van der Waals surface area contributed by atoms with Gasteiger partial charge in [-0.2, -0.15) is 5.26 Å². The lowest BCUT2D eigenvalue weighted by atomic mass is 10.1. The zero-order chi connectivity index (χ0) is 24.6. The molecule has 35 heavy (non-hydrogen) atoms. The Hall–Kier alpha value is -3.54. The third-order valence-electron chi connectivity index (χ3n) is 5.48. The highest BCUT2D eigenvalue weighted by Gasteiger charge is 2.25. The number of thioether (sulfide) groups is 1. The van der Waals surface area contributed by atoms with E-state index in [2.05, 4.69) is 16.4 Å². The standard InChI is InChI=1S/C26H23ClN4O3S/c27-20-6-4-5-18(15-20)23-10-9-19(16-28)25(30-23)35-17-24(32)34-22-11-13-31(14-12-22)26(33)29-21-7-2-1-3-8-21/h1-10,15,22H,11-14,17H2,(H,29,33). The molecule has 0 atom stereocenters. The number of halogens is 1. The summed E-state index contributed by atoms with van der Waals surface area (Å²) in [5.74, 6) is -0.337. The lowest BCUT2D eigenvalue weighted by molar-refractivity contribution is -0.147. The van der Waals surface area contributed by atoms with Gasteiger partial charge in [-0.05, 0) is 36.4 Å². The SMILES string of the molecule is N#Cc1ccc(-c2cccc(Cl)c2)nc1SCC(=O)OC1CCN(C(=O)Nc2ccccc2)CC1. The van der Waals surface area contributed by atoms with Crippen molar-refractivity contribution in [1.29, 1.82) is 5.26 Å². The topological polar surface area (TPSA) is 95.3 Å². The number of amides is 2. The van der Waals surface area contributed by atoms with E-state index in [1.54, 1.807) is 29.2 Å². The van der Waals surface area contributed by atoms with Crippen molar-refractivity contribution in [2.45, 2.75) is 24.0 Å². The van der Waals surface area contributed by atoms with Gasteiger partial charge < -0.3 is 15.0 Å². The zero-order valence-electron chi connectivity index (χ0n) is 18.8. The van der Waals surface area contributed by atoms with E-state index in [1.165, 1.54) is 11.8 Å². The molecule has 3 aromatic rings. The fraction of sp³-hybridized carbons (Fsp3) is 0.231. The molecule has 9 heteroatoms. The van der Waals surface area contributed by atoms with Crippen LogP contribution in [-0.4, -0.2) is 46.8 Å². The minimum Gasteiger partial charge on any atom is -0.462 e. The summed E-state index contributed by atoms with van der Waals surface area (Å²) in [7, 11) is 0. The number of piperidine rings is 1. The number of carbonyl (C=O) groups excluding carboxylic acids is 2. The monoisotopic (exact) mass is 506 g/mol. The van der Waals surface area contributed by atoms with Gasteiger partial charge in [0.05, 0.1) is 17.0 Å². The molecule has 0 unspecified atom stereocenters. The highest BCUT2D eigenvalue weighted by atomic mass is 35.5. The molecule has 1 N–H and O–H groups in total. The van der Waals surface area contributed by atoms with E-state index in [4.69, 9.17) is 16.3 Å². The largest absolute Gasteiger partial charge is 0.462 e. The van der Waals surface area contributed by atoms with Crippen LogP contribution in [0.25, 0.3) is 11.3 Å². The van der Waals surface area contributed by atoms with E-state index in [1.807, 2.05) is 42.5 Å². The predicted octanol–water partition coefficient (Wildman–Crippen LogP) is 5.61. The maximum absolute atomic E-state index is 12.5. The maximum Gasteiger partial charge on any atom is 0.321 e. The van der Waals surface area contributed by atoms with Crippen LogP contribution in [-0.2, 0) is 9.53 Å². The minimum absolute atomic E-state index is 0.0371. The highest BCUT2D eigenvalue weighted by molar-refractivity contribution is 7.99. The van der Waals surface area contributed by atoms with Gasteiger partial charge in [0.15, 0.2) is 0 Å². The number of likely N-dealkylation sites (tertiary alicyclic amines) is 1. The number of hydrogen-bond donors (Lipinski definition) is 1. The predicted molar refractivity (Wildman–Crippen MR) is 136 cm³/mol. The number of benzene rings is 2. The number of nitriles is 1. The van der Waals surface area contributed by atoms with E-state index >= 15 is 0 Å². The van der Waals surface area contributed by atoms with Crippen molar-refractivity contribution >= 4 is 41.1 Å². The Balaban J connectivity index is 1.28. The van der Waals surface area contributed by atoms with Crippen molar-refractivity contribution in [1.82, 2.24) is 9.88 Å². The molecule has 1 aliphatic rings. The fourth-order valence-electron chi connectivity index (χ4n) is 3.69. The summed E-state index contributed by atoms with van der Waals surface area (Å²) < 4.78 is 5.62. The number of ether oxygens (including phenoxy) is 1. The number of esters is 1. The van der Waals surface area contributed by atoms with Gasteiger partial charge in [-0.3, -0.25) is 4.79 Å². The Bertz CT molecular complexity index is 1240. The van der Waals surface area contributed by atoms with E-state index in [0.717, 1.165) is 11.3 Å². The first-order chi connectivity index (χ1) is 17.0. The molecule has 178 valence electrons. The minimum atomic E-state index is -0.374. The van der Waals surface area contributed by atoms with E-state index in [-0.39, 0.29) is 23.9 Å². The van der Waals surface area contributed by atoms with Gasteiger partial charge in [-0.15, -0.1) is 0 Å². The average Bonchev–Trinajstić information content (AvgIpc) is 2.88. The van der Waals surface area contributed by atoms with Crippen molar-refractivity contribution in [3.8, 4) is 17.3 Å². The van der Waals surface area contributed by atoms with Crippen LogP contribution in [0.5, 0.6) is 0 Å². The van der Waals surface area contributed by atoms with Crippen molar-refractivity contribution in [3.63, 3.8) is 0 Å². The van der Waals surface area contributed by atoms with E-state index < -0.39 is 0 Å². The summed E-state index contributed by atoms with van der Waals surface area (Å²) in [5, 5.41) is 13.4. The molecule has 1 saturated heterocycles. The molecular weight excluding hydrogens is 484 g/mol. The van der Waals surface area contributed by atoms with Crippen LogP contribution >= 0.6 is 23.4 Å². The molecule has 4 rings (SSSR count). The summed E-state index contributed by atoms with van der Waals surface area (Å²) in [6, 6.07) is 22.0. The van der Waals surface area contributed by atoms with Gasteiger partial charge in [0.25, 0.3) is 0 Å². The van der Waals surface area contributed by atoms with Crippen LogP contribution in [0.1, 0.15) is 18.4 Å². The molecule has 2 amide bonds. The molecular formula is C26H23ClN4O3S. The normalized spacial score (nSPS) is 13.7. The third kappa shape index (κ3) is 6.75. The van der Waals surface area contributed by atoms with Gasteiger partial charge in [-0.1, -0.05) is 53.7 Å². The van der Waals surface area contributed by atoms with Crippen molar-refractivity contribution in [2.75, 3.05) is 24.2 Å². The summed E-state index contributed by atoms with van der Waals surface area (Å²) in [6.45, 7) is 1.01. The Morgan fingerprint density at radius 1 is 1.11 bits per heavy atom. The number of carbonyl (C=O) groups is 2. The molecule has 0 saturated carbocycles. The lowest BCUT2D eigenvalue weighted by Crippen LogP contribution is -2.43. The Kier molecular flexibility index (Phi) is 8.24. The van der Waals surface area contributed by atoms with Gasteiger partial charge in [-0.25, -0.2) is 9.78 Å². The van der Waals surface area contributed by atoms with Gasteiger partial charge >= 0.3 is 12.0 Å². The molecule has 0 aliphatic carbocycles. The smallest absolute Gasteiger partial charge is 0.321 e. The average molecular weight is 507 g/mol. The molecule has 2 heterocycles. The van der Waals surface area contributed by atoms with Gasteiger partial charge in [0.1, 0.15) is 17.2 Å². The molecule has 1 aliphatic heterocycles. The van der Waals surface area contributed by atoms with Gasteiger partial charge in [0.2, 0.25) is 0 Å². The van der Waals surface area contributed by atoms with Crippen LogP contribution in [0.3, 0.4) is 0 Å². The Morgan fingerprint density at radius 3 is 2.60 bits per heavy atom. The third-order valence-corrected chi connectivity index (χ3v) is 6.68. The number of urea groups is 1. The van der Waals surface area contributed by atoms with Crippen molar-refractivity contribution in [3.05, 3.63) is 77.3 Å². The van der Waals surface area contributed by atoms with E-state index in [9.17, 15) is 14.9 Å². The Morgan fingerprint density at radius 2 is 1.89 bits per heavy atom. The van der Waals surface area contributed by atoms with Crippen molar-refractivity contribution in [2.24, 2.45) is 0 Å². The number of hydrogen-bond acceptors (Lipinski definition) is 6. The van der Waals surface area contributed by atoms with Crippen LogP contribution in [0.2, 0.25) is 5.02 Å². The van der Waals surface area contributed by atoms with E-state index in [0.29, 0.717) is 47.2 Å². The molecule has 0 bridgehead atoms. The van der Waals surface area contributed by atoms with Crippen LogP contribution in [0, 0.1) is 11.3 Å². The molecule has 0 radical (unpaired) electrons. The summed E-state index contributed by atoms with van der Waals surface area (Å²) in [5.41, 5.74) is 2.64. The summed E-state index contributed by atoms with van der Waals surface area (Å²) in [6.07, 6.45) is 0.903. The second-order valence-electron chi connectivity index (χ2n) is 7.93. The second kappa shape index (κ2) is 11.7. The quantitative estimate of drug-likeness (QED) is 0.345. The van der Waals surface area contributed by atoms with Gasteiger partial charge in [0, 0.05) is 42.2 Å². The first kappa shape index (κ1) is 24.6. The number of aromatic nitrogens is 1. The fourth-order valence-corrected chi connectivity index (χ4v) is 4.64. The van der Waals surface area contributed by atoms with Crippen LogP contribution in [0.4, 0.5) is 10.5 Å². The highest BCUT2D eigenvalue weighted by Crippen LogP contribution is 2.27. The number of pyridine rings is 1. The van der Waals surface area contributed by atoms with Crippen LogP contribution in [0.15, 0.2) is 71.8 Å². The Labute approximate surface area is 213 Å². The first-order valence-electron chi connectivity index (χ1n) is 11.1. The number of para-hydroxylation sites is 1. The van der Waals surface area contributed by atoms with Crippen molar-refractivity contribution < 1.29 is 14.3 Å². The molecule has 0 spiro atoms. The molecule has 1 fully saturated rings. The molecule has 7 nitrogen and oxygen atoms in total. The zero-order valence-corrected chi connectivity index (χ0v) is 20.4.